The summed E-state index contributed by atoms with van der Waals surface area (Å²) in [6, 6.07) is 2.80. The third-order valence-corrected chi connectivity index (χ3v) is 2.15. The summed E-state index contributed by atoms with van der Waals surface area (Å²) in [4.78, 5) is 0. The van der Waals surface area contributed by atoms with Crippen LogP contribution in [0, 0.1) is 5.82 Å². The number of hydrogen-bond donors (Lipinski definition) is 2. The second-order valence-electron chi connectivity index (χ2n) is 2.99. The summed E-state index contributed by atoms with van der Waals surface area (Å²) < 4.78 is 13.1. The molecule has 1 heterocycles. The van der Waals surface area contributed by atoms with Crippen LogP contribution in [0.2, 0.25) is 0 Å². The molecular formula is C9H11ClFNO. The number of rotatable bonds is 0. The zero-order valence-corrected chi connectivity index (χ0v) is 7.83. The zero-order valence-electron chi connectivity index (χ0n) is 7.01. The van der Waals surface area contributed by atoms with E-state index in [0.717, 1.165) is 24.6 Å². The monoisotopic (exact) mass is 203 g/mol. The molecule has 0 bridgehead atoms. The molecule has 13 heavy (non-hydrogen) atoms. The van der Waals surface area contributed by atoms with Crippen molar-refractivity contribution < 1.29 is 9.50 Å². The zero-order chi connectivity index (χ0) is 8.55. The molecular weight excluding hydrogens is 193 g/mol. The van der Waals surface area contributed by atoms with Gasteiger partial charge in [0.05, 0.1) is 0 Å². The maximum Gasteiger partial charge on any atom is 0.131 e. The number of benzene rings is 1. The van der Waals surface area contributed by atoms with Gasteiger partial charge in [-0.05, 0) is 24.6 Å². The van der Waals surface area contributed by atoms with Crippen molar-refractivity contribution in [3.63, 3.8) is 0 Å². The first-order valence-corrected chi connectivity index (χ1v) is 3.98. The summed E-state index contributed by atoms with van der Waals surface area (Å²) >= 11 is 0. The predicted molar refractivity (Wildman–Crippen MR) is 50.7 cm³/mol. The first-order valence-electron chi connectivity index (χ1n) is 3.98. The number of hydrogen-bond acceptors (Lipinski definition) is 2. The van der Waals surface area contributed by atoms with Crippen LogP contribution in [0.5, 0.6) is 5.75 Å². The molecule has 1 aromatic rings. The Kier molecular flexibility index (Phi) is 3.12. The van der Waals surface area contributed by atoms with Crippen LogP contribution in [0.15, 0.2) is 12.1 Å². The van der Waals surface area contributed by atoms with E-state index in [-0.39, 0.29) is 24.0 Å². The summed E-state index contributed by atoms with van der Waals surface area (Å²) in [7, 11) is 0. The van der Waals surface area contributed by atoms with E-state index in [1.807, 2.05) is 0 Å². The number of phenolic OH excluding ortho intramolecular Hbond substituents is 1. The van der Waals surface area contributed by atoms with Crippen LogP contribution in [-0.2, 0) is 13.0 Å². The van der Waals surface area contributed by atoms with Crippen LogP contribution in [0.1, 0.15) is 11.1 Å². The number of nitrogens with one attached hydrogen (secondary N) is 1. The Balaban J connectivity index is 0.000000845. The largest absolute Gasteiger partial charge is 0.508 e. The van der Waals surface area contributed by atoms with Gasteiger partial charge in [0.15, 0.2) is 0 Å². The third kappa shape index (κ3) is 1.92. The fourth-order valence-corrected chi connectivity index (χ4v) is 1.54. The van der Waals surface area contributed by atoms with Crippen molar-refractivity contribution in [2.24, 2.45) is 0 Å². The van der Waals surface area contributed by atoms with E-state index in [0.29, 0.717) is 12.1 Å². The molecule has 1 aliphatic rings. The highest BCUT2D eigenvalue weighted by Crippen LogP contribution is 2.22. The number of aromatic hydroxyl groups is 1. The summed E-state index contributed by atoms with van der Waals surface area (Å²) in [6.45, 7) is 1.43. The average Bonchev–Trinajstić information content (AvgIpc) is 2.04. The molecule has 0 aromatic heterocycles. The average molecular weight is 204 g/mol. The van der Waals surface area contributed by atoms with Gasteiger partial charge in [-0.15, -0.1) is 12.4 Å². The Morgan fingerprint density at radius 1 is 1.38 bits per heavy atom. The minimum absolute atomic E-state index is 0. The Morgan fingerprint density at radius 3 is 2.92 bits per heavy atom. The fraction of sp³-hybridized carbons (Fsp3) is 0.333. The van der Waals surface area contributed by atoms with Crippen LogP contribution < -0.4 is 5.32 Å². The van der Waals surface area contributed by atoms with Crippen molar-refractivity contribution >= 4 is 12.4 Å². The van der Waals surface area contributed by atoms with E-state index in [2.05, 4.69) is 5.32 Å². The number of halogens is 2. The Bertz CT molecular complexity index is 317. The lowest BCUT2D eigenvalue weighted by molar-refractivity contribution is 0.463. The molecule has 0 saturated heterocycles. The molecule has 1 aromatic carbocycles. The van der Waals surface area contributed by atoms with Crippen molar-refractivity contribution in [3.05, 3.63) is 29.1 Å². The van der Waals surface area contributed by atoms with Crippen LogP contribution in [0.3, 0.4) is 0 Å². The molecule has 0 aliphatic carbocycles. The van der Waals surface area contributed by atoms with Crippen LogP contribution in [0.4, 0.5) is 4.39 Å². The maximum atomic E-state index is 13.1. The molecule has 4 heteroatoms. The summed E-state index contributed by atoms with van der Waals surface area (Å²) in [5.41, 5.74) is 1.62. The molecule has 72 valence electrons. The van der Waals surface area contributed by atoms with Crippen molar-refractivity contribution in [2.45, 2.75) is 13.0 Å². The molecule has 0 radical (unpaired) electrons. The van der Waals surface area contributed by atoms with E-state index < -0.39 is 0 Å². The molecule has 2 nitrogen and oxygen atoms in total. The minimum Gasteiger partial charge on any atom is -0.508 e. The molecule has 0 spiro atoms. The second-order valence-corrected chi connectivity index (χ2v) is 2.99. The summed E-state index contributed by atoms with van der Waals surface area (Å²) in [5, 5.41) is 12.2. The van der Waals surface area contributed by atoms with Gasteiger partial charge in [-0.3, -0.25) is 0 Å². The lowest BCUT2D eigenvalue weighted by atomic mass is 10.0. The summed E-state index contributed by atoms with van der Waals surface area (Å²) in [6.07, 6.45) is 0.792. The molecule has 0 amide bonds. The second kappa shape index (κ2) is 3.94. The fourth-order valence-electron chi connectivity index (χ4n) is 1.54. The minimum atomic E-state index is -0.308. The Labute approximate surface area is 82.2 Å². The number of phenols is 1. The smallest absolute Gasteiger partial charge is 0.131 e. The van der Waals surface area contributed by atoms with E-state index in [9.17, 15) is 4.39 Å². The van der Waals surface area contributed by atoms with E-state index in [4.69, 9.17) is 5.11 Å². The van der Waals surface area contributed by atoms with Crippen LogP contribution >= 0.6 is 12.4 Å². The van der Waals surface area contributed by atoms with Crippen LogP contribution in [-0.4, -0.2) is 11.7 Å². The van der Waals surface area contributed by atoms with Gasteiger partial charge in [0.2, 0.25) is 0 Å². The standard InChI is InChI=1S/C9H10FNO.ClH/c10-9-4-7(12)3-6-1-2-11-5-8(6)9;/h3-4,11-12H,1-2,5H2;1H. The molecule has 0 unspecified atom stereocenters. The highest BCUT2D eigenvalue weighted by atomic mass is 35.5. The first kappa shape index (κ1) is 10.3. The predicted octanol–water partition coefficient (Wildman–Crippen LogP) is 1.60. The number of fused-ring (bicyclic) bond motifs is 1. The van der Waals surface area contributed by atoms with E-state index >= 15 is 0 Å². The lowest BCUT2D eigenvalue weighted by Gasteiger charge is -2.17. The quantitative estimate of drug-likeness (QED) is 0.672. The van der Waals surface area contributed by atoms with Crippen LogP contribution in [0.25, 0.3) is 0 Å². The van der Waals surface area contributed by atoms with Gasteiger partial charge in [-0.2, -0.15) is 0 Å². The molecule has 1 aliphatic heterocycles. The van der Waals surface area contributed by atoms with E-state index in [1.54, 1.807) is 6.07 Å². The van der Waals surface area contributed by atoms with Gasteiger partial charge in [-0.25, -0.2) is 4.39 Å². The van der Waals surface area contributed by atoms with E-state index in [1.165, 1.54) is 0 Å². The van der Waals surface area contributed by atoms with Gasteiger partial charge in [0.25, 0.3) is 0 Å². The van der Waals surface area contributed by atoms with Crippen molar-refractivity contribution in [1.29, 1.82) is 0 Å². The maximum absolute atomic E-state index is 13.1. The lowest BCUT2D eigenvalue weighted by Crippen LogP contribution is -2.24. The highest BCUT2D eigenvalue weighted by molar-refractivity contribution is 5.85. The van der Waals surface area contributed by atoms with Gasteiger partial charge < -0.3 is 10.4 Å². The topological polar surface area (TPSA) is 32.3 Å². The van der Waals surface area contributed by atoms with Crippen molar-refractivity contribution in [3.8, 4) is 5.75 Å². The van der Waals surface area contributed by atoms with Gasteiger partial charge in [-0.1, -0.05) is 0 Å². The van der Waals surface area contributed by atoms with Crippen molar-refractivity contribution in [1.82, 2.24) is 5.32 Å². The van der Waals surface area contributed by atoms with Gasteiger partial charge in [0.1, 0.15) is 11.6 Å². The molecule has 0 saturated carbocycles. The third-order valence-electron chi connectivity index (χ3n) is 2.15. The molecule has 2 rings (SSSR count). The normalized spacial score (nSPS) is 14.5. The SMILES string of the molecule is Cl.Oc1cc(F)c2c(c1)CCNC2. The molecule has 2 N–H and O–H groups in total. The van der Waals surface area contributed by atoms with Gasteiger partial charge in [0, 0.05) is 18.2 Å². The van der Waals surface area contributed by atoms with Gasteiger partial charge >= 0.3 is 0 Å². The van der Waals surface area contributed by atoms with Crippen molar-refractivity contribution in [2.75, 3.05) is 6.54 Å². The summed E-state index contributed by atoms with van der Waals surface area (Å²) in [5.74, 6) is -0.287. The molecule has 0 atom stereocenters. The Morgan fingerprint density at radius 2 is 2.15 bits per heavy atom. The highest BCUT2D eigenvalue weighted by Gasteiger charge is 2.13. The molecule has 0 fully saturated rings. The Hall–Kier alpha value is -0.800. The first-order chi connectivity index (χ1) is 5.77.